The SMILES string of the molecule is CCCCC(c1ccccc1)c1c(O)cccc1OC. The molecule has 20 heavy (non-hydrogen) atoms. The van der Waals surface area contributed by atoms with Gasteiger partial charge in [-0.2, -0.15) is 0 Å². The van der Waals surface area contributed by atoms with Crippen molar-refractivity contribution in [2.75, 3.05) is 7.11 Å². The van der Waals surface area contributed by atoms with Crippen molar-refractivity contribution in [3.8, 4) is 11.5 Å². The van der Waals surface area contributed by atoms with E-state index in [1.165, 1.54) is 5.56 Å². The third kappa shape index (κ3) is 3.13. The van der Waals surface area contributed by atoms with Crippen molar-refractivity contribution in [2.45, 2.75) is 32.1 Å². The molecular weight excluding hydrogens is 248 g/mol. The van der Waals surface area contributed by atoms with Crippen LogP contribution in [0.15, 0.2) is 48.5 Å². The molecule has 0 amide bonds. The third-order valence-electron chi connectivity index (χ3n) is 3.66. The number of hydrogen-bond donors (Lipinski definition) is 1. The second-order valence-corrected chi connectivity index (χ2v) is 5.00. The lowest BCUT2D eigenvalue weighted by atomic mass is 9.86. The average molecular weight is 270 g/mol. The molecule has 1 unspecified atom stereocenters. The first-order valence-electron chi connectivity index (χ1n) is 7.18. The van der Waals surface area contributed by atoms with Gasteiger partial charge in [-0.25, -0.2) is 0 Å². The number of rotatable bonds is 6. The van der Waals surface area contributed by atoms with Crippen molar-refractivity contribution >= 4 is 0 Å². The Labute approximate surface area is 121 Å². The fourth-order valence-corrected chi connectivity index (χ4v) is 2.63. The Morgan fingerprint density at radius 2 is 1.80 bits per heavy atom. The van der Waals surface area contributed by atoms with Crippen LogP contribution in [-0.4, -0.2) is 12.2 Å². The number of methoxy groups -OCH3 is 1. The smallest absolute Gasteiger partial charge is 0.126 e. The molecule has 106 valence electrons. The molecule has 0 bridgehead atoms. The highest BCUT2D eigenvalue weighted by Crippen LogP contribution is 2.40. The molecule has 0 spiro atoms. The van der Waals surface area contributed by atoms with E-state index < -0.39 is 0 Å². The fourth-order valence-electron chi connectivity index (χ4n) is 2.63. The molecule has 2 aromatic rings. The number of unbranched alkanes of at least 4 members (excludes halogenated alkanes) is 1. The normalized spacial score (nSPS) is 12.1. The molecule has 0 radical (unpaired) electrons. The van der Waals surface area contributed by atoms with Gasteiger partial charge in [0.2, 0.25) is 0 Å². The summed E-state index contributed by atoms with van der Waals surface area (Å²) in [5, 5.41) is 10.3. The molecule has 0 aromatic heterocycles. The van der Waals surface area contributed by atoms with Crippen LogP contribution in [0, 0.1) is 0 Å². The Morgan fingerprint density at radius 1 is 1.05 bits per heavy atom. The number of aromatic hydroxyl groups is 1. The van der Waals surface area contributed by atoms with Gasteiger partial charge in [0.05, 0.1) is 7.11 Å². The lowest BCUT2D eigenvalue weighted by Gasteiger charge is -2.21. The van der Waals surface area contributed by atoms with Gasteiger partial charge in [-0.3, -0.25) is 0 Å². The van der Waals surface area contributed by atoms with E-state index in [0.717, 1.165) is 30.6 Å². The molecule has 0 aliphatic heterocycles. The summed E-state index contributed by atoms with van der Waals surface area (Å²) in [6.07, 6.45) is 3.27. The summed E-state index contributed by atoms with van der Waals surface area (Å²) in [7, 11) is 1.65. The molecular formula is C18H22O2. The standard InChI is InChI=1S/C18H22O2/c1-3-4-11-15(14-9-6-5-7-10-14)18-16(19)12-8-13-17(18)20-2/h5-10,12-13,15,19H,3-4,11H2,1-2H3. The maximum atomic E-state index is 10.3. The number of phenols is 1. The molecule has 2 aromatic carbocycles. The highest BCUT2D eigenvalue weighted by molar-refractivity contribution is 5.50. The number of benzene rings is 2. The van der Waals surface area contributed by atoms with E-state index in [4.69, 9.17) is 4.74 Å². The fraction of sp³-hybridized carbons (Fsp3) is 0.333. The van der Waals surface area contributed by atoms with Crippen molar-refractivity contribution in [1.82, 2.24) is 0 Å². The molecule has 2 rings (SSSR count). The van der Waals surface area contributed by atoms with Crippen LogP contribution in [-0.2, 0) is 0 Å². The number of ether oxygens (including phenoxy) is 1. The van der Waals surface area contributed by atoms with Crippen molar-refractivity contribution in [2.24, 2.45) is 0 Å². The molecule has 0 saturated heterocycles. The maximum absolute atomic E-state index is 10.3. The zero-order valence-electron chi connectivity index (χ0n) is 12.2. The second kappa shape index (κ2) is 6.99. The van der Waals surface area contributed by atoms with Crippen LogP contribution >= 0.6 is 0 Å². The Balaban J connectivity index is 2.46. The van der Waals surface area contributed by atoms with Gasteiger partial charge in [0.15, 0.2) is 0 Å². The highest BCUT2D eigenvalue weighted by Gasteiger charge is 2.21. The monoisotopic (exact) mass is 270 g/mol. The Morgan fingerprint density at radius 3 is 2.45 bits per heavy atom. The van der Waals surface area contributed by atoms with Gasteiger partial charge in [-0.1, -0.05) is 56.2 Å². The van der Waals surface area contributed by atoms with Gasteiger partial charge in [0, 0.05) is 11.5 Å². The van der Waals surface area contributed by atoms with E-state index >= 15 is 0 Å². The lowest BCUT2D eigenvalue weighted by Crippen LogP contribution is -2.04. The second-order valence-electron chi connectivity index (χ2n) is 5.00. The molecule has 0 fully saturated rings. The largest absolute Gasteiger partial charge is 0.508 e. The summed E-state index contributed by atoms with van der Waals surface area (Å²) >= 11 is 0. The van der Waals surface area contributed by atoms with Crippen LogP contribution in [0.1, 0.15) is 43.2 Å². The molecule has 1 N–H and O–H groups in total. The molecule has 0 saturated carbocycles. The van der Waals surface area contributed by atoms with E-state index in [1.807, 2.05) is 30.3 Å². The molecule has 0 aliphatic rings. The predicted octanol–water partition coefficient (Wildman–Crippen LogP) is 4.72. The summed E-state index contributed by atoms with van der Waals surface area (Å²) in [4.78, 5) is 0. The van der Waals surface area contributed by atoms with E-state index in [-0.39, 0.29) is 5.92 Å². The van der Waals surface area contributed by atoms with Gasteiger partial charge >= 0.3 is 0 Å². The summed E-state index contributed by atoms with van der Waals surface area (Å²) in [6, 6.07) is 15.8. The van der Waals surface area contributed by atoms with Gasteiger partial charge in [-0.05, 0) is 24.1 Å². The van der Waals surface area contributed by atoms with Crippen LogP contribution in [0.3, 0.4) is 0 Å². The van der Waals surface area contributed by atoms with Crippen LogP contribution in [0.25, 0.3) is 0 Å². The van der Waals surface area contributed by atoms with Crippen molar-refractivity contribution in [3.05, 3.63) is 59.7 Å². The van der Waals surface area contributed by atoms with Crippen LogP contribution in [0.5, 0.6) is 11.5 Å². The third-order valence-corrected chi connectivity index (χ3v) is 3.66. The maximum Gasteiger partial charge on any atom is 0.126 e. The minimum absolute atomic E-state index is 0.173. The van der Waals surface area contributed by atoms with Crippen molar-refractivity contribution in [3.63, 3.8) is 0 Å². The zero-order chi connectivity index (χ0) is 14.4. The van der Waals surface area contributed by atoms with Crippen molar-refractivity contribution in [1.29, 1.82) is 0 Å². The van der Waals surface area contributed by atoms with Gasteiger partial charge in [0.25, 0.3) is 0 Å². The summed E-state index contributed by atoms with van der Waals surface area (Å²) in [5.74, 6) is 1.25. The quantitative estimate of drug-likeness (QED) is 0.822. The summed E-state index contributed by atoms with van der Waals surface area (Å²) < 4.78 is 5.45. The topological polar surface area (TPSA) is 29.5 Å². The summed E-state index contributed by atoms with van der Waals surface area (Å²) in [5.41, 5.74) is 2.12. The van der Waals surface area contributed by atoms with Crippen LogP contribution in [0.4, 0.5) is 0 Å². The minimum Gasteiger partial charge on any atom is -0.508 e. The molecule has 0 heterocycles. The zero-order valence-corrected chi connectivity index (χ0v) is 12.2. The Hall–Kier alpha value is -1.96. The average Bonchev–Trinajstić information content (AvgIpc) is 2.50. The van der Waals surface area contributed by atoms with Crippen molar-refractivity contribution < 1.29 is 9.84 Å². The molecule has 2 nitrogen and oxygen atoms in total. The highest BCUT2D eigenvalue weighted by atomic mass is 16.5. The van der Waals surface area contributed by atoms with Gasteiger partial charge < -0.3 is 9.84 Å². The lowest BCUT2D eigenvalue weighted by molar-refractivity contribution is 0.394. The van der Waals surface area contributed by atoms with E-state index in [2.05, 4.69) is 19.1 Å². The first-order valence-corrected chi connectivity index (χ1v) is 7.18. The predicted molar refractivity (Wildman–Crippen MR) is 82.5 cm³/mol. The Bertz CT molecular complexity index is 534. The Kier molecular flexibility index (Phi) is 5.05. The van der Waals surface area contributed by atoms with E-state index in [0.29, 0.717) is 5.75 Å². The summed E-state index contributed by atoms with van der Waals surface area (Å²) in [6.45, 7) is 2.18. The van der Waals surface area contributed by atoms with Crippen LogP contribution < -0.4 is 4.74 Å². The van der Waals surface area contributed by atoms with E-state index in [9.17, 15) is 5.11 Å². The molecule has 0 aliphatic carbocycles. The van der Waals surface area contributed by atoms with E-state index in [1.54, 1.807) is 13.2 Å². The number of hydrogen-bond acceptors (Lipinski definition) is 2. The first-order chi connectivity index (χ1) is 9.77. The van der Waals surface area contributed by atoms with Gasteiger partial charge in [0.1, 0.15) is 11.5 Å². The number of phenolic OH excluding ortho intramolecular Hbond substituents is 1. The first kappa shape index (κ1) is 14.4. The van der Waals surface area contributed by atoms with Gasteiger partial charge in [-0.15, -0.1) is 0 Å². The molecule has 2 heteroatoms. The minimum atomic E-state index is 0.173. The molecule has 1 atom stereocenters. The van der Waals surface area contributed by atoms with Crippen LogP contribution in [0.2, 0.25) is 0 Å².